The van der Waals surface area contributed by atoms with Crippen LogP contribution in [0.3, 0.4) is 0 Å². The average molecular weight is 175 g/mol. The molecule has 12 heavy (non-hydrogen) atoms. The first-order valence-electron chi connectivity index (χ1n) is 3.69. The van der Waals surface area contributed by atoms with Gasteiger partial charge in [-0.05, 0) is 6.42 Å². The van der Waals surface area contributed by atoms with E-state index in [0.717, 1.165) is 0 Å². The first-order chi connectivity index (χ1) is 5.74. The maximum Gasteiger partial charge on any atom is 0.320 e. The predicted octanol–water partition coefficient (Wildman–Crippen LogP) is -0.560. The molecule has 0 heterocycles. The molecule has 0 aromatic carbocycles. The Labute approximate surface area is 70.8 Å². The van der Waals surface area contributed by atoms with Crippen molar-refractivity contribution in [1.29, 1.82) is 0 Å². The van der Waals surface area contributed by atoms with Crippen molar-refractivity contribution in [2.75, 3.05) is 13.2 Å². The van der Waals surface area contributed by atoms with Gasteiger partial charge in [-0.25, -0.2) is 0 Å². The number of rotatable bonds is 6. The molecule has 70 valence electrons. The van der Waals surface area contributed by atoms with Crippen LogP contribution in [0.2, 0.25) is 0 Å². The van der Waals surface area contributed by atoms with Gasteiger partial charge in [0.05, 0.1) is 6.54 Å². The molecule has 0 aromatic rings. The molecule has 0 bridgehead atoms. The van der Waals surface area contributed by atoms with Crippen LogP contribution in [0.15, 0.2) is 0 Å². The van der Waals surface area contributed by atoms with Crippen molar-refractivity contribution in [2.24, 2.45) is 5.73 Å². The van der Waals surface area contributed by atoms with Gasteiger partial charge in [0.15, 0.2) is 0 Å². The summed E-state index contributed by atoms with van der Waals surface area (Å²) >= 11 is 0. The number of carbonyl (C=O) groups excluding carboxylic acids is 2. The Kier molecular flexibility index (Phi) is 6.00. The summed E-state index contributed by atoms with van der Waals surface area (Å²) < 4.78 is 9.24. The summed E-state index contributed by atoms with van der Waals surface area (Å²) in [7, 11) is 0. The standard InChI is InChI=1S/C7H13NO4/c1-2-6(4-11-5-9)12-7(10)3-8/h5-6H,2-4,8H2,1H3. The molecule has 0 saturated carbocycles. The molecule has 0 saturated heterocycles. The number of hydrogen-bond acceptors (Lipinski definition) is 5. The van der Waals surface area contributed by atoms with Gasteiger partial charge >= 0.3 is 5.97 Å². The monoisotopic (exact) mass is 175 g/mol. The molecule has 0 rings (SSSR count). The Morgan fingerprint density at radius 1 is 1.67 bits per heavy atom. The predicted molar refractivity (Wildman–Crippen MR) is 41.2 cm³/mol. The van der Waals surface area contributed by atoms with E-state index in [2.05, 4.69) is 4.74 Å². The zero-order valence-corrected chi connectivity index (χ0v) is 6.99. The van der Waals surface area contributed by atoms with Crippen LogP contribution in [-0.2, 0) is 19.1 Å². The van der Waals surface area contributed by atoms with Crippen LogP contribution in [-0.4, -0.2) is 31.7 Å². The fourth-order valence-electron chi connectivity index (χ4n) is 0.616. The summed E-state index contributed by atoms with van der Waals surface area (Å²) in [4.78, 5) is 20.4. The zero-order valence-electron chi connectivity index (χ0n) is 6.99. The van der Waals surface area contributed by atoms with Crippen LogP contribution in [0.5, 0.6) is 0 Å². The molecule has 0 aliphatic heterocycles. The zero-order chi connectivity index (χ0) is 9.40. The molecule has 0 amide bonds. The lowest BCUT2D eigenvalue weighted by molar-refractivity contribution is -0.153. The highest BCUT2D eigenvalue weighted by atomic mass is 16.6. The van der Waals surface area contributed by atoms with Gasteiger partial charge in [0.2, 0.25) is 0 Å². The van der Waals surface area contributed by atoms with Crippen molar-refractivity contribution in [1.82, 2.24) is 0 Å². The normalized spacial score (nSPS) is 11.8. The van der Waals surface area contributed by atoms with Crippen LogP contribution in [0.4, 0.5) is 0 Å². The number of nitrogens with two attached hydrogens (primary N) is 1. The topological polar surface area (TPSA) is 78.6 Å². The van der Waals surface area contributed by atoms with Gasteiger partial charge in [0, 0.05) is 0 Å². The van der Waals surface area contributed by atoms with E-state index < -0.39 is 5.97 Å². The number of carbonyl (C=O) groups is 2. The highest BCUT2D eigenvalue weighted by Crippen LogP contribution is 1.98. The summed E-state index contributed by atoms with van der Waals surface area (Å²) in [5, 5.41) is 0. The van der Waals surface area contributed by atoms with Gasteiger partial charge in [-0.3, -0.25) is 9.59 Å². The van der Waals surface area contributed by atoms with Crippen LogP contribution < -0.4 is 5.73 Å². The van der Waals surface area contributed by atoms with Gasteiger partial charge in [-0.15, -0.1) is 0 Å². The summed E-state index contributed by atoms with van der Waals surface area (Å²) in [6.07, 6.45) is 0.214. The minimum Gasteiger partial charge on any atom is -0.464 e. The van der Waals surface area contributed by atoms with E-state index in [1.54, 1.807) is 0 Å². The molecule has 0 fully saturated rings. The molecule has 0 aliphatic carbocycles. The first kappa shape index (κ1) is 10.9. The Morgan fingerprint density at radius 3 is 2.75 bits per heavy atom. The minimum atomic E-state index is -0.489. The van der Waals surface area contributed by atoms with Gasteiger partial charge < -0.3 is 15.2 Å². The largest absolute Gasteiger partial charge is 0.464 e. The van der Waals surface area contributed by atoms with Crippen LogP contribution in [0.25, 0.3) is 0 Å². The summed E-state index contributed by atoms with van der Waals surface area (Å²) in [5.41, 5.74) is 5.02. The second-order valence-corrected chi connectivity index (χ2v) is 2.15. The van der Waals surface area contributed by atoms with E-state index in [1.807, 2.05) is 6.92 Å². The second-order valence-electron chi connectivity index (χ2n) is 2.15. The van der Waals surface area contributed by atoms with Crippen LogP contribution >= 0.6 is 0 Å². The van der Waals surface area contributed by atoms with Gasteiger partial charge in [0.25, 0.3) is 6.47 Å². The third-order valence-electron chi connectivity index (χ3n) is 1.27. The lowest BCUT2D eigenvalue weighted by Crippen LogP contribution is -2.26. The molecule has 5 nitrogen and oxygen atoms in total. The Balaban J connectivity index is 3.66. The van der Waals surface area contributed by atoms with E-state index in [9.17, 15) is 9.59 Å². The summed E-state index contributed by atoms with van der Waals surface area (Å²) in [6, 6.07) is 0. The molecule has 1 unspecified atom stereocenters. The summed E-state index contributed by atoms with van der Waals surface area (Å²) in [6.45, 7) is 2.07. The molecular formula is C7H13NO4. The highest BCUT2D eigenvalue weighted by Gasteiger charge is 2.10. The molecule has 2 N–H and O–H groups in total. The van der Waals surface area contributed by atoms with Crippen molar-refractivity contribution >= 4 is 12.4 Å². The van der Waals surface area contributed by atoms with Gasteiger partial charge in [-0.1, -0.05) is 6.92 Å². The Bertz CT molecular complexity index is 148. The lowest BCUT2D eigenvalue weighted by Gasteiger charge is -2.13. The van der Waals surface area contributed by atoms with Crippen molar-refractivity contribution < 1.29 is 19.1 Å². The fraction of sp³-hybridized carbons (Fsp3) is 0.714. The molecule has 1 atom stereocenters. The summed E-state index contributed by atoms with van der Waals surface area (Å²) in [5.74, 6) is -0.489. The second kappa shape index (κ2) is 6.60. The molecule has 0 aromatic heterocycles. The van der Waals surface area contributed by atoms with Crippen LogP contribution in [0.1, 0.15) is 13.3 Å². The number of esters is 1. The number of hydrogen-bond donors (Lipinski definition) is 1. The van der Waals surface area contributed by atoms with Gasteiger partial charge in [0.1, 0.15) is 12.7 Å². The molecular weight excluding hydrogens is 162 g/mol. The molecule has 0 aliphatic rings. The van der Waals surface area contributed by atoms with Crippen molar-refractivity contribution in [3.63, 3.8) is 0 Å². The highest BCUT2D eigenvalue weighted by molar-refractivity contribution is 5.71. The smallest absolute Gasteiger partial charge is 0.320 e. The van der Waals surface area contributed by atoms with Crippen molar-refractivity contribution in [2.45, 2.75) is 19.4 Å². The maximum absolute atomic E-state index is 10.7. The van der Waals surface area contributed by atoms with Crippen molar-refractivity contribution in [3.8, 4) is 0 Å². The SMILES string of the molecule is CCC(COC=O)OC(=O)CN. The Morgan fingerprint density at radius 2 is 2.33 bits per heavy atom. The van der Waals surface area contributed by atoms with E-state index in [-0.39, 0.29) is 19.3 Å². The van der Waals surface area contributed by atoms with Crippen LogP contribution in [0, 0.1) is 0 Å². The molecule has 5 heteroatoms. The minimum absolute atomic E-state index is 0.0890. The van der Waals surface area contributed by atoms with E-state index >= 15 is 0 Å². The van der Waals surface area contributed by atoms with Crippen molar-refractivity contribution in [3.05, 3.63) is 0 Å². The van der Waals surface area contributed by atoms with Gasteiger partial charge in [-0.2, -0.15) is 0 Å². The Hall–Kier alpha value is -1.10. The first-order valence-corrected chi connectivity index (χ1v) is 3.69. The quantitative estimate of drug-likeness (QED) is 0.432. The third kappa shape index (κ3) is 4.68. The third-order valence-corrected chi connectivity index (χ3v) is 1.27. The van der Waals surface area contributed by atoms with E-state index in [1.165, 1.54) is 0 Å². The molecule has 0 radical (unpaired) electrons. The number of ether oxygens (including phenoxy) is 2. The molecule has 0 spiro atoms. The maximum atomic E-state index is 10.7. The average Bonchev–Trinajstić information content (AvgIpc) is 2.11. The van der Waals surface area contributed by atoms with E-state index in [4.69, 9.17) is 10.5 Å². The lowest BCUT2D eigenvalue weighted by atomic mass is 10.3. The fourth-order valence-corrected chi connectivity index (χ4v) is 0.616. The van der Waals surface area contributed by atoms with E-state index in [0.29, 0.717) is 12.9 Å².